The van der Waals surface area contributed by atoms with E-state index < -0.39 is 12.1 Å². The summed E-state index contributed by atoms with van der Waals surface area (Å²) in [5.41, 5.74) is 0. The average Bonchev–Trinajstić information content (AvgIpc) is 2.39. The Balaban J connectivity index is 1.83. The average molecular weight is 278 g/mol. The molecular formula is C13H21F3N2O. The molecule has 6 heteroatoms. The fourth-order valence-corrected chi connectivity index (χ4v) is 3.01. The van der Waals surface area contributed by atoms with Crippen molar-refractivity contribution in [3.63, 3.8) is 0 Å². The van der Waals surface area contributed by atoms with Crippen LogP contribution in [-0.4, -0.2) is 31.2 Å². The number of halogens is 3. The summed E-state index contributed by atoms with van der Waals surface area (Å²) >= 11 is 0. The van der Waals surface area contributed by atoms with Crippen LogP contribution in [0.25, 0.3) is 0 Å². The fraction of sp³-hybridized carbons (Fsp3) is 0.923. The Morgan fingerprint density at radius 2 is 1.95 bits per heavy atom. The molecule has 1 aliphatic carbocycles. The molecule has 0 aromatic carbocycles. The van der Waals surface area contributed by atoms with Crippen LogP contribution in [-0.2, 0) is 4.79 Å². The van der Waals surface area contributed by atoms with Gasteiger partial charge in [-0.3, -0.25) is 4.79 Å². The molecule has 0 radical (unpaired) electrons. The van der Waals surface area contributed by atoms with Crippen LogP contribution in [0, 0.1) is 11.8 Å². The quantitative estimate of drug-likeness (QED) is 0.813. The molecule has 0 bridgehead atoms. The van der Waals surface area contributed by atoms with E-state index in [1.54, 1.807) is 0 Å². The first-order valence-electron chi connectivity index (χ1n) is 7.04. The zero-order chi connectivity index (χ0) is 13.9. The maximum atomic E-state index is 12.7. The Kier molecular flexibility index (Phi) is 4.71. The molecule has 2 N–H and O–H groups in total. The van der Waals surface area contributed by atoms with E-state index in [0.717, 1.165) is 19.4 Å². The Morgan fingerprint density at radius 1 is 1.16 bits per heavy atom. The molecule has 2 aliphatic rings. The van der Waals surface area contributed by atoms with Gasteiger partial charge in [-0.05, 0) is 38.6 Å². The van der Waals surface area contributed by atoms with Crippen LogP contribution >= 0.6 is 0 Å². The van der Waals surface area contributed by atoms with Crippen molar-refractivity contribution in [2.75, 3.05) is 13.1 Å². The molecule has 0 aromatic heterocycles. The minimum Gasteiger partial charge on any atom is -0.353 e. The summed E-state index contributed by atoms with van der Waals surface area (Å²) in [5.74, 6) is -1.42. The minimum atomic E-state index is -4.13. The molecule has 0 aromatic rings. The van der Waals surface area contributed by atoms with Crippen molar-refractivity contribution in [2.45, 2.75) is 50.7 Å². The molecule has 1 aliphatic heterocycles. The lowest BCUT2D eigenvalue weighted by Crippen LogP contribution is -2.47. The van der Waals surface area contributed by atoms with Crippen LogP contribution in [0.5, 0.6) is 0 Å². The van der Waals surface area contributed by atoms with Crippen molar-refractivity contribution >= 4 is 5.91 Å². The monoisotopic (exact) mass is 278 g/mol. The Labute approximate surface area is 111 Å². The van der Waals surface area contributed by atoms with E-state index >= 15 is 0 Å². The lowest BCUT2D eigenvalue weighted by atomic mass is 9.85. The van der Waals surface area contributed by atoms with Crippen LogP contribution < -0.4 is 10.6 Å². The lowest BCUT2D eigenvalue weighted by molar-refractivity contribution is -0.184. The molecule has 3 atom stereocenters. The van der Waals surface area contributed by atoms with Gasteiger partial charge in [0.2, 0.25) is 5.91 Å². The third kappa shape index (κ3) is 4.09. The highest BCUT2D eigenvalue weighted by Gasteiger charge is 2.42. The molecule has 110 valence electrons. The standard InChI is InChI=1S/C13H21F3N2O/c14-13(15,16)10-4-1-5-11(7-10)18-12(19)9-3-2-6-17-8-9/h9-11,17H,1-8H2,(H,18,19)/t9-,10?,11?/m1/s1. The maximum absolute atomic E-state index is 12.7. The molecule has 3 nitrogen and oxygen atoms in total. The van der Waals surface area contributed by atoms with E-state index in [9.17, 15) is 18.0 Å². The Morgan fingerprint density at radius 3 is 2.58 bits per heavy atom. The van der Waals surface area contributed by atoms with Gasteiger partial charge in [0, 0.05) is 12.6 Å². The van der Waals surface area contributed by atoms with E-state index in [2.05, 4.69) is 10.6 Å². The first kappa shape index (κ1) is 14.6. The third-order valence-electron chi connectivity index (χ3n) is 4.15. The van der Waals surface area contributed by atoms with Crippen LogP contribution in [0.1, 0.15) is 38.5 Å². The van der Waals surface area contributed by atoms with Crippen molar-refractivity contribution in [1.82, 2.24) is 10.6 Å². The summed E-state index contributed by atoms with van der Waals surface area (Å²) in [6.45, 7) is 1.56. The van der Waals surface area contributed by atoms with E-state index in [4.69, 9.17) is 0 Å². The van der Waals surface area contributed by atoms with Gasteiger partial charge in [0.1, 0.15) is 0 Å². The Bertz CT molecular complexity index is 314. The summed E-state index contributed by atoms with van der Waals surface area (Å²) in [5, 5.41) is 5.96. The number of piperidine rings is 1. The second-order valence-electron chi connectivity index (χ2n) is 5.65. The summed E-state index contributed by atoms with van der Waals surface area (Å²) in [6.07, 6.45) is -0.912. The molecule has 2 fully saturated rings. The van der Waals surface area contributed by atoms with Gasteiger partial charge in [-0.2, -0.15) is 13.2 Å². The molecule has 1 heterocycles. The van der Waals surface area contributed by atoms with E-state index in [0.29, 0.717) is 19.4 Å². The number of alkyl halides is 3. The van der Waals surface area contributed by atoms with Crippen molar-refractivity contribution < 1.29 is 18.0 Å². The molecule has 1 saturated heterocycles. The third-order valence-corrected chi connectivity index (χ3v) is 4.15. The minimum absolute atomic E-state index is 0.0371. The maximum Gasteiger partial charge on any atom is 0.391 e. The summed E-state index contributed by atoms with van der Waals surface area (Å²) < 4.78 is 38.1. The van der Waals surface area contributed by atoms with E-state index in [1.807, 2.05) is 0 Å². The summed E-state index contributed by atoms with van der Waals surface area (Å²) in [7, 11) is 0. The number of hydrogen-bond donors (Lipinski definition) is 2. The molecule has 1 amide bonds. The number of amides is 1. The number of carbonyl (C=O) groups excluding carboxylic acids is 1. The van der Waals surface area contributed by atoms with Crippen molar-refractivity contribution in [2.24, 2.45) is 11.8 Å². The fourth-order valence-electron chi connectivity index (χ4n) is 3.01. The predicted octanol–water partition coefficient (Wildman–Crippen LogP) is 2.22. The SMILES string of the molecule is O=C(NC1CCCC(C(F)(F)F)C1)[C@@H]1CCCNC1. The van der Waals surface area contributed by atoms with Gasteiger partial charge >= 0.3 is 6.18 Å². The van der Waals surface area contributed by atoms with Gasteiger partial charge < -0.3 is 10.6 Å². The largest absolute Gasteiger partial charge is 0.391 e. The molecule has 0 spiro atoms. The number of hydrogen-bond acceptors (Lipinski definition) is 2. The molecule has 2 unspecified atom stereocenters. The normalized spacial score (nSPS) is 32.9. The van der Waals surface area contributed by atoms with Gasteiger partial charge in [0.15, 0.2) is 0 Å². The van der Waals surface area contributed by atoms with Crippen molar-refractivity contribution in [1.29, 1.82) is 0 Å². The van der Waals surface area contributed by atoms with Gasteiger partial charge in [0.25, 0.3) is 0 Å². The second-order valence-corrected chi connectivity index (χ2v) is 5.65. The van der Waals surface area contributed by atoms with Crippen LogP contribution in [0.2, 0.25) is 0 Å². The Hall–Kier alpha value is -0.780. The molecular weight excluding hydrogens is 257 g/mol. The zero-order valence-corrected chi connectivity index (χ0v) is 10.9. The van der Waals surface area contributed by atoms with Gasteiger partial charge in [-0.15, -0.1) is 0 Å². The van der Waals surface area contributed by atoms with Crippen molar-refractivity contribution in [3.05, 3.63) is 0 Å². The first-order valence-corrected chi connectivity index (χ1v) is 7.04. The van der Waals surface area contributed by atoms with E-state index in [1.165, 1.54) is 0 Å². The number of carbonyl (C=O) groups is 1. The lowest BCUT2D eigenvalue weighted by Gasteiger charge is -2.32. The number of rotatable bonds is 2. The highest BCUT2D eigenvalue weighted by Crippen LogP contribution is 2.37. The summed E-state index contributed by atoms with van der Waals surface area (Å²) in [4.78, 5) is 12.0. The topological polar surface area (TPSA) is 41.1 Å². The summed E-state index contributed by atoms with van der Waals surface area (Å²) in [6, 6.07) is -0.310. The molecule has 19 heavy (non-hydrogen) atoms. The second kappa shape index (κ2) is 6.11. The highest BCUT2D eigenvalue weighted by atomic mass is 19.4. The van der Waals surface area contributed by atoms with E-state index in [-0.39, 0.29) is 30.7 Å². The molecule has 2 rings (SSSR count). The predicted molar refractivity (Wildman–Crippen MR) is 65.5 cm³/mol. The van der Waals surface area contributed by atoms with Gasteiger partial charge in [0.05, 0.1) is 11.8 Å². The van der Waals surface area contributed by atoms with Gasteiger partial charge in [-0.1, -0.05) is 6.42 Å². The van der Waals surface area contributed by atoms with Crippen LogP contribution in [0.4, 0.5) is 13.2 Å². The number of nitrogens with one attached hydrogen (secondary N) is 2. The van der Waals surface area contributed by atoms with Crippen molar-refractivity contribution in [3.8, 4) is 0 Å². The van der Waals surface area contributed by atoms with Crippen LogP contribution in [0.3, 0.4) is 0 Å². The first-order chi connectivity index (χ1) is 8.97. The van der Waals surface area contributed by atoms with Gasteiger partial charge in [-0.25, -0.2) is 0 Å². The molecule has 1 saturated carbocycles. The smallest absolute Gasteiger partial charge is 0.353 e. The zero-order valence-electron chi connectivity index (χ0n) is 10.9. The highest BCUT2D eigenvalue weighted by molar-refractivity contribution is 5.79. The van der Waals surface area contributed by atoms with Crippen LogP contribution in [0.15, 0.2) is 0 Å².